The van der Waals surface area contributed by atoms with Crippen LogP contribution in [0.1, 0.15) is 5.56 Å². The summed E-state index contributed by atoms with van der Waals surface area (Å²) in [6.07, 6.45) is -5.42. The first-order valence-corrected chi connectivity index (χ1v) is 13.0. The van der Waals surface area contributed by atoms with E-state index in [1.165, 1.54) is 11.7 Å². The second-order valence-electron chi connectivity index (χ2n) is 9.01. The van der Waals surface area contributed by atoms with Crippen LogP contribution in [0.3, 0.4) is 0 Å². The predicted molar refractivity (Wildman–Crippen MR) is 134 cm³/mol. The smallest absolute Gasteiger partial charge is 0.382 e. The minimum atomic E-state index is -4.87. The van der Waals surface area contributed by atoms with Gasteiger partial charge in [-0.1, -0.05) is 0 Å². The number of piperazine rings is 1. The van der Waals surface area contributed by atoms with Gasteiger partial charge >= 0.3 is 11.9 Å². The van der Waals surface area contributed by atoms with Crippen LogP contribution < -0.4 is 15.9 Å². The van der Waals surface area contributed by atoms with E-state index in [-0.39, 0.29) is 40.5 Å². The molecule has 0 spiro atoms. The molecule has 2 aliphatic heterocycles. The van der Waals surface area contributed by atoms with Crippen LogP contribution in [0.4, 0.5) is 27.8 Å². The predicted octanol–water partition coefficient (Wildman–Crippen LogP) is 3.91. The number of nitrogens with one attached hydrogen (secondary N) is 1. The fourth-order valence-corrected chi connectivity index (χ4v) is 6.11. The quantitative estimate of drug-likeness (QED) is 0.365. The van der Waals surface area contributed by atoms with E-state index in [0.29, 0.717) is 38.9 Å². The highest BCUT2D eigenvalue weighted by molar-refractivity contribution is 7.99. The number of methoxy groups -OCH3 is 1. The van der Waals surface area contributed by atoms with Gasteiger partial charge in [-0.05, 0) is 18.2 Å². The zero-order valence-corrected chi connectivity index (χ0v) is 21.2. The topological polar surface area (TPSA) is 68.6 Å². The molecular formula is C25H25F5N4O3S. The lowest BCUT2D eigenvalue weighted by molar-refractivity contribution is -0.137. The minimum Gasteiger partial charge on any atom is -0.382 e. The van der Waals surface area contributed by atoms with Crippen molar-refractivity contribution in [2.75, 3.05) is 57.2 Å². The van der Waals surface area contributed by atoms with E-state index in [4.69, 9.17) is 9.47 Å². The molecule has 0 bridgehead atoms. The average molecular weight is 557 g/mol. The summed E-state index contributed by atoms with van der Waals surface area (Å²) >= 11 is 1.05. The number of alkyl halides is 3. The monoisotopic (exact) mass is 556 g/mol. The first-order chi connectivity index (χ1) is 18.2. The van der Waals surface area contributed by atoms with Crippen LogP contribution in [0.2, 0.25) is 0 Å². The van der Waals surface area contributed by atoms with Crippen molar-refractivity contribution in [2.45, 2.75) is 23.7 Å². The number of hydrogen-bond acceptors (Lipinski definition) is 7. The highest BCUT2D eigenvalue weighted by Crippen LogP contribution is 2.48. The number of anilines is 1. The fraction of sp³-hybridized carbons (Fsp3) is 0.440. The highest BCUT2D eigenvalue weighted by atomic mass is 32.2. The van der Waals surface area contributed by atoms with Crippen LogP contribution in [0, 0.1) is 11.6 Å². The summed E-state index contributed by atoms with van der Waals surface area (Å²) in [4.78, 5) is 19.4. The zero-order chi connectivity index (χ0) is 27.0. The number of benzene rings is 2. The summed E-state index contributed by atoms with van der Waals surface area (Å²) in [7, 11) is 1.51. The average Bonchev–Trinajstić information content (AvgIpc) is 3.07. The van der Waals surface area contributed by atoms with Gasteiger partial charge in [-0.3, -0.25) is 4.57 Å². The largest absolute Gasteiger partial charge is 0.417 e. The van der Waals surface area contributed by atoms with Crippen molar-refractivity contribution in [1.82, 2.24) is 14.9 Å². The van der Waals surface area contributed by atoms with E-state index in [0.717, 1.165) is 30.0 Å². The molecule has 1 fully saturated rings. The molecule has 7 nitrogen and oxygen atoms in total. The summed E-state index contributed by atoms with van der Waals surface area (Å²) in [5.74, 6) is -1.69. The standard InChI is InChI=1S/C25H25F5N4O3S/c1-36-8-9-37-15-12-34-21-17(23(32-24(34)35)33-6-4-31-5-7-33)11-18(25(28,29)30)20(22(21)38-13-15)16-3-2-14(26)10-19(16)27/h2-3,10-11,15,31H,4-9,12-13H2,1H3/t15-/m1/s1. The van der Waals surface area contributed by atoms with Gasteiger partial charge in [-0.2, -0.15) is 18.2 Å². The molecule has 1 N–H and O–H groups in total. The third-order valence-corrected chi connectivity index (χ3v) is 7.79. The molecule has 1 aromatic heterocycles. The normalized spacial score (nSPS) is 18.2. The Morgan fingerprint density at radius 2 is 1.92 bits per heavy atom. The lowest BCUT2D eigenvalue weighted by atomic mass is 9.95. The van der Waals surface area contributed by atoms with Crippen molar-refractivity contribution in [1.29, 1.82) is 0 Å². The number of ether oxygens (including phenoxy) is 2. The fourth-order valence-electron chi connectivity index (χ4n) is 4.84. The van der Waals surface area contributed by atoms with E-state index in [2.05, 4.69) is 10.3 Å². The summed E-state index contributed by atoms with van der Waals surface area (Å²) in [5.41, 5.74) is -2.33. The van der Waals surface area contributed by atoms with Gasteiger partial charge in [0.25, 0.3) is 0 Å². The van der Waals surface area contributed by atoms with Crippen LogP contribution in [0.25, 0.3) is 22.0 Å². The van der Waals surface area contributed by atoms with Gasteiger partial charge < -0.3 is 19.7 Å². The number of thioether (sulfide) groups is 1. The van der Waals surface area contributed by atoms with Gasteiger partial charge in [0.05, 0.1) is 36.9 Å². The van der Waals surface area contributed by atoms with Gasteiger partial charge in [0.2, 0.25) is 0 Å². The molecule has 38 heavy (non-hydrogen) atoms. The molecule has 2 aromatic carbocycles. The molecular weight excluding hydrogens is 531 g/mol. The molecule has 1 saturated heterocycles. The maximum Gasteiger partial charge on any atom is 0.417 e. The summed E-state index contributed by atoms with van der Waals surface area (Å²) in [5, 5.41) is 3.32. The van der Waals surface area contributed by atoms with Crippen molar-refractivity contribution < 1.29 is 31.4 Å². The van der Waals surface area contributed by atoms with E-state index in [1.807, 2.05) is 0 Å². The first kappa shape index (κ1) is 26.9. The molecule has 0 radical (unpaired) electrons. The lowest BCUT2D eigenvalue weighted by Crippen LogP contribution is -2.45. The van der Waals surface area contributed by atoms with Crippen molar-refractivity contribution in [3.8, 4) is 11.1 Å². The Bertz CT molecular complexity index is 1410. The van der Waals surface area contributed by atoms with Crippen molar-refractivity contribution in [3.63, 3.8) is 0 Å². The Hall–Kier alpha value is -2.74. The molecule has 0 saturated carbocycles. The molecule has 2 aliphatic rings. The Kier molecular flexibility index (Phi) is 7.63. The van der Waals surface area contributed by atoms with Crippen LogP contribution >= 0.6 is 11.8 Å². The minimum absolute atomic E-state index is 0.0462. The SMILES string of the molecule is COCCO[C@H]1CSc2c(-c3ccc(F)cc3F)c(C(F)(F)F)cc3c(N4CCNCC4)nc(=O)n(c23)C1. The highest BCUT2D eigenvalue weighted by Gasteiger charge is 2.39. The van der Waals surface area contributed by atoms with Crippen LogP contribution in [-0.2, 0) is 22.2 Å². The molecule has 3 aromatic rings. The molecule has 3 heterocycles. The molecule has 204 valence electrons. The van der Waals surface area contributed by atoms with Gasteiger partial charge in [-0.15, -0.1) is 11.8 Å². The molecule has 0 amide bonds. The summed E-state index contributed by atoms with van der Waals surface area (Å²) in [6.45, 7) is 2.62. The molecule has 0 unspecified atom stereocenters. The van der Waals surface area contributed by atoms with Gasteiger partial charge in [0.1, 0.15) is 17.5 Å². The zero-order valence-electron chi connectivity index (χ0n) is 20.4. The van der Waals surface area contributed by atoms with Crippen LogP contribution in [-0.4, -0.2) is 67.9 Å². The van der Waals surface area contributed by atoms with Gasteiger partial charge in [0.15, 0.2) is 0 Å². The Morgan fingerprint density at radius 3 is 2.61 bits per heavy atom. The van der Waals surface area contributed by atoms with E-state index in [9.17, 15) is 22.4 Å². The third kappa shape index (κ3) is 5.12. The summed E-state index contributed by atoms with van der Waals surface area (Å²) in [6, 6.07) is 3.40. The molecule has 13 heteroatoms. The van der Waals surface area contributed by atoms with Gasteiger partial charge in [0, 0.05) is 66.5 Å². The Balaban J connectivity index is 1.83. The van der Waals surface area contributed by atoms with Crippen molar-refractivity contribution in [2.24, 2.45) is 0 Å². The number of hydrogen-bond donors (Lipinski definition) is 1. The maximum atomic E-state index is 15.0. The Morgan fingerprint density at radius 1 is 1.16 bits per heavy atom. The molecule has 1 atom stereocenters. The molecule has 5 rings (SSSR count). The number of aromatic nitrogens is 2. The second-order valence-corrected chi connectivity index (χ2v) is 10.0. The van der Waals surface area contributed by atoms with Crippen LogP contribution in [0.5, 0.6) is 0 Å². The summed E-state index contributed by atoms with van der Waals surface area (Å²) < 4.78 is 84.7. The first-order valence-electron chi connectivity index (χ1n) is 12.0. The lowest BCUT2D eigenvalue weighted by Gasteiger charge is -2.30. The van der Waals surface area contributed by atoms with Crippen molar-refractivity contribution >= 4 is 28.5 Å². The Labute approximate surface area is 218 Å². The second kappa shape index (κ2) is 10.8. The number of halogens is 5. The van der Waals surface area contributed by atoms with E-state index >= 15 is 4.39 Å². The van der Waals surface area contributed by atoms with Crippen LogP contribution in [0.15, 0.2) is 34.0 Å². The molecule has 0 aliphatic carbocycles. The van der Waals surface area contributed by atoms with Gasteiger partial charge in [-0.25, -0.2) is 13.6 Å². The van der Waals surface area contributed by atoms with E-state index in [1.54, 1.807) is 4.90 Å². The number of rotatable bonds is 6. The maximum absolute atomic E-state index is 15.0. The van der Waals surface area contributed by atoms with E-state index < -0.39 is 46.3 Å². The van der Waals surface area contributed by atoms with Crippen molar-refractivity contribution in [3.05, 3.63) is 51.9 Å². The third-order valence-electron chi connectivity index (χ3n) is 6.56. The number of nitrogens with zero attached hydrogens (tertiary/aromatic N) is 3.